The summed E-state index contributed by atoms with van der Waals surface area (Å²) in [4.78, 5) is 12.4. The number of rotatable bonds is 2. The Hall–Kier alpha value is -2.13. The van der Waals surface area contributed by atoms with Crippen LogP contribution in [0.5, 0.6) is 5.75 Å². The minimum absolute atomic E-state index is 0.0809. The average Bonchev–Trinajstić information content (AvgIpc) is 2.48. The van der Waals surface area contributed by atoms with Gasteiger partial charge in [0.2, 0.25) is 0 Å². The molecule has 0 saturated heterocycles. The molecule has 0 spiro atoms. The Balaban J connectivity index is 1.90. The maximum Gasteiger partial charge on any atom is 0.172 e. The molecule has 3 nitrogen and oxygen atoms in total. The fraction of sp³-hybridized carbons (Fsp3) is 0.188. The lowest BCUT2D eigenvalue weighted by Gasteiger charge is -2.29. The van der Waals surface area contributed by atoms with Crippen LogP contribution in [0.3, 0.4) is 0 Å². The predicted octanol–water partition coefficient (Wildman–Crippen LogP) is 2.61. The molecule has 0 radical (unpaired) electrons. The summed E-state index contributed by atoms with van der Waals surface area (Å²) in [6.07, 6.45) is -0.808. The molecule has 0 bridgehead atoms. The van der Waals surface area contributed by atoms with Gasteiger partial charge in [0, 0.05) is 11.1 Å². The molecule has 2 aromatic carbocycles. The number of hydrogen-bond donors (Lipinski definition) is 1. The van der Waals surface area contributed by atoms with Crippen molar-refractivity contribution in [2.24, 2.45) is 5.92 Å². The molecule has 0 amide bonds. The van der Waals surface area contributed by atoms with Gasteiger partial charge in [0.25, 0.3) is 0 Å². The van der Waals surface area contributed by atoms with Gasteiger partial charge in [0.05, 0.1) is 12.0 Å². The van der Waals surface area contributed by atoms with E-state index in [1.54, 1.807) is 18.2 Å². The maximum absolute atomic E-state index is 12.4. The zero-order valence-corrected chi connectivity index (χ0v) is 10.3. The highest BCUT2D eigenvalue weighted by Crippen LogP contribution is 2.36. The number of aliphatic hydroxyl groups is 1. The number of fused-ring (bicyclic) bond motifs is 1. The summed E-state index contributed by atoms with van der Waals surface area (Å²) in [7, 11) is 0. The van der Waals surface area contributed by atoms with E-state index in [9.17, 15) is 9.90 Å². The van der Waals surface area contributed by atoms with E-state index in [4.69, 9.17) is 4.74 Å². The van der Waals surface area contributed by atoms with Crippen molar-refractivity contribution < 1.29 is 14.6 Å². The smallest absolute Gasteiger partial charge is 0.172 e. The molecule has 1 aliphatic rings. The predicted molar refractivity (Wildman–Crippen MR) is 71.2 cm³/mol. The summed E-state index contributed by atoms with van der Waals surface area (Å²) in [5.74, 6) is 0.0343. The maximum atomic E-state index is 12.4. The summed E-state index contributed by atoms with van der Waals surface area (Å²) >= 11 is 0. The zero-order chi connectivity index (χ0) is 13.2. The second-order valence-corrected chi connectivity index (χ2v) is 4.63. The van der Waals surface area contributed by atoms with Crippen molar-refractivity contribution in [3.63, 3.8) is 0 Å². The van der Waals surface area contributed by atoms with Crippen molar-refractivity contribution in [3.8, 4) is 5.75 Å². The van der Waals surface area contributed by atoms with Gasteiger partial charge in [-0.3, -0.25) is 4.79 Å². The van der Waals surface area contributed by atoms with Crippen LogP contribution in [0.1, 0.15) is 22.0 Å². The summed E-state index contributed by atoms with van der Waals surface area (Å²) in [5, 5.41) is 10.4. The Labute approximate surface area is 111 Å². The summed E-state index contributed by atoms with van der Waals surface area (Å²) in [5.41, 5.74) is 1.29. The first kappa shape index (κ1) is 11.9. The number of para-hydroxylation sites is 1. The van der Waals surface area contributed by atoms with Crippen molar-refractivity contribution in [3.05, 3.63) is 65.7 Å². The lowest BCUT2D eigenvalue weighted by atomic mass is 9.87. The molecule has 2 aromatic rings. The van der Waals surface area contributed by atoms with Crippen LogP contribution in [0.4, 0.5) is 0 Å². The lowest BCUT2D eigenvalue weighted by molar-refractivity contribution is 0.0418. The van der Waals surface area contributed by atoms with Gasteiger partial charge in [0.15, 0.2) is 5.78 Å². The fourth-order valence-electron chi connectivity index (χ4n) is 2.38. The number of ether oxygens (including phenoxy) is 1. The summed E-state index contributed by atoms with van der Waals surface area (Å²) in [6.45, 7) is 0.214. The quantitative estimate of drug-likeness (QED) is 0.838. The fourth-order valence-corrected chi connectivity index (χ4v) is 2.38. The molecule has 0 saturated carbocycles. The molecule has 3 rings (SSSR count). The molecule has 0 aromatic heterocycles. The largest absolute Gasteiger partial charge is 0.492 e. The van der Waals surface area contributed by atoms with Gasteiger partial charge in [-0.05, 0) is 6.07 Å². The molecular formula is C16H14O3. The third kappa shape index (κ3) is 2.13. The molecule has 1 heterocycles. The molecule has 1 aliphatic heterocycles. The first-order chi connectivity index (χ1) is 9.27. The van der Waals surface area contributed by atoms with E-state index in [2.05, 4.69) is 0 Å². The molecule has 1 N–H and O–H groups in total. The van der Waals surface area contributed by atoms with Gasteiger partial charge in [-0.15, -0.1) is 0 Å². The Morgan fingerprint density at radius 3 is 2.53 bits per heavy atom. The summed E-state index contributed by atoms with van der Waals surface area (Å²) < 4.78 is 5.57. The first-order valence-electron chi connectivity index (χ1n) is 6.26. The van der Waals surface area contributed by atoms with Gasteiger partial charge in [-0.1, -0.05) is 48.5 Å². The molecule has 2 atom stereocenters. The van der Waals surface area contributed by atoms with Gasteiger partial charge >= 0.3 is 0 Å². The van der Waals surface area contributed by atoms with Gasteiger partial charge in [-0.25, -0.2) is 0 Å². The van der Waals surface area contributed by atoms with Crippen molar-refractivity contribution >= 4 is 5.78 Å². The van der Waals surface area contributed by atoms with Crippen molar-refractivity contribution in [1.29, 1.82) is 0 Å². The highest BCUT2D eigenvalue weighted by molar-refractivity contribution is 5.98. The molecule has 96 valence electrons. The number of benzene rings is 2. The minimum Gasteiger partial charge on any atom is -0.492 e. The van der Waals surface area contributed by atoms with Crippen LogP contribution in [0.2, 0.25) is 0 Å². The third-order valence-electron chi connectivity index (χ3n) is 3.43. The second kappa shape index (κ2) is 4.86. The second-order valence-electron chi connectivity index (χ2n) is 4.63. The SMILES string of the molecule is O=C(c1ccccc1)C1COc2ccccc2C1O. The van der Waals surface area contributed by atoms with E-state index >= 15 is 0 Å². The standard InChI is InChI=1S/C16H14O3/c17-15(11-6-2-1-3-7-11)13-10-19-14-9-5-4-8-12(14)16(13)18/h1-9,13,16,18H,10H2. The number of carbonyl (C=O) groups is 1. The van der Waals surface area contributed by atoms with Crippen LogP contribution in [-0.4, -0.2) is 17.5 Å². The first-order valence-corrected chi connectivity index (χ1v) is 6.26. The molecular weight excluding hydrogens is 240 g/mol. The number of carbonyl (C=O) groups excluding carboxylic acids is 1. The number of aliphatic hydroxyl groups excluding tert-OH is 1. The Morgan fingerprint density at radius 1 is 1.05 bits per heavy atom. The van der Waals surface area contributed by atoms with E-state index in [1.165, 1.54) is 0 Å². The number of ketones is 1. The third-order valence-corrected chi connectivity index (χ3v) is 3.43. The van der Waals surface area contributed by atoms with Crippen LogP contribution in [0, 0.1) is 5.92 Å². The topological polar surface area (TPSA) is 46.5 Å². The van der Waals surface area contributed by atoms with Crippen LogP contribution in [0.25, 0.3) is 0 Å². The Bertz CT molecular complexity index is 592. The Morgan fingerprint density at radius 2 is 1.74 bits per heavy atom. The van der Waals surface area contributed by atoms with E-state index in [1.807, 2.05) is 36.4 Å². The highest BCUT2D eigenvalue weighted by atomic mass is 16.5. The van der Waals surface area contributed by atoms with Crippen molar-refractivity contribution in [1.82, 2.24) is 0 Å². The highest BCUT2D eigenvalue weighted by Gasteiger charge is 2.34. The van der Waals surface area contributed by atoms with Crippen molar-refractivity contribution in [2.75, 3.05) is 6.61 Å². The number of Topliss-reactive ketones (excluding diaryl/α,β-unsaturated/α-hetero) is 1. The van der Waals surface area contributed by atoms with E-state index in [-0.39, 0.29) is 12.4 Å². The number of hydrogen-bond acceptors (Lipinski definition) is 3. The average molecular weight is 254 g/mol. The molecule has 19 heavy (non-hydrogen) atoms. The van der Waals surface area contributed by atoms with Crippen molar-refractivity contribution in [2.45, 2.75) is 6.10 Å². The van der Waals surface area contributed by atoms with Gasteiger partial charge in [-0.2, -0.15) is 0 Å². The van der Waals surface area contributed by atoms with E-state index < -0.39 is 12.0 Å². The van der Waals surface area contributed by atoms with Crippen LogP contribution >= 0.6 is 0 Å². The molecule has 2 unspecified atom stereocenters. The van der Waals surface area contributed by atoms with Crippen LogP contribution < -0.4 is 4.74 Å². The Kier molecular flexibility index (Phi) is 3.05. The van der Waals surface area contributed by atoms with E-state index in [0.29, 0.717) is 16.9 Å². The molecule has 3 heteroatoms. The van der Waals surface area contributed by atoms with Crippen LogP contribution in [-0.2, 0) is 0 Å². The van der Waals surface area contributed by atoms with E-state index in [0.717, 1.165) is 0 Å². The lowest BCUT2D eigenvalue weighted by Crippen LogP contribution is -2.32. The monoisotopic (exact) mass is 254 g/mol. The van der Waals surface area contributed by atoms with Crippen LogP contribution in [0.15, 0.2) is 54.6 Å². The van der Waals surface area contributed by atoms with Gasteiger partial charge in [0.1, 0.15) is 12.4 Å². The molecule has 0 fully saturated rings. The zero-order valence-electron chi connectivity index (χ0n) is 10.3. The van der Waals surface area contributed by atoms with Gasteiger partial charge < -0.3 is 9.84 Å². The molecule has 0 aliphatic carbocycles. The normalized spacial score (nSPS) is 21.3. The summed E-state index contributed by atoms with van der Waals surface area (Å²) in [6, 6.07) is 16.3. The minimum atomic E-state index is -0.808.